The number of benzene rings is 1. The van der Waals surface area contributed by atoms with E-state index in [9.17, 15) is 0 Å². The lowest BCUT2D eigenvalue weighted by Gasteiger charge is -2.02. The van der Waals surface area contributed by atoms with Crippen LogP contribution in [0.4, 0.5) is 5.69 Å². The fourth-order valence-corrected chi connectivity index (χ4v) is 1.06. The first-order chi connectivity index (χ1) is 5.29. The Morgan fingerprint density at radius 3 is 2.73 bits per heavy atom. The van der Waals surface area contributed by atoms with Crippen LogP contribution < -0.4 is 5.32 Å². The van der Waals surface area contributed by atoms with Crippen molar-refractivity contribution in [2.75, 3.05) is 12.4 Å². The fourth-order valence-electron chi connectivity index (χ4n) is 0.846. The van der Waals surface area contributed by atoms with Crippen molar-refractivity contribution in [2.24, 2.45) is 0 Å². The maximum absolute atomic E-state index is 8.66. The summed E-state index contributed by atoms with van der Waals surface area (Å²) in [7, 11) is 1.76. The average molecular weight is 167 g/mol. The number of rotatable bonds is 1. The molecule has 0 aromatic heterocycles. The van der Waals surface area contributed by atoms with Gasteiger partial charge in [0.05, 0.1) is 16.3 Å². The minimum absolute atomic E-state index is 0.486. The molecule has 0 atom stereocenters. The van der Waals surface area contributed by atoms with Gasteiger partial charge in [-0.15, -0.1) is 0 Å². The van der Waals surface area contributed by atoms with Crippen molar-refractivity contribution in [3.63, 3.8) is 0 Å². The van der Waals surface area contributed by atoms with Gasteiger partial charge >= 0.3 is 0 Å². The molecule has 0 radical (unpaired) electrons. The van der Waals surface area contributed by atoms with Gasteiger partial charge in [-0.25, -0.2) is 0 Å². The van der Waals surface area contributed by atoms with Gasteiger partial charge in [0.25, 0.3) is 0 Å². The first kappa shape index (κ1) is 7.90. The van der Waals surface area contributed by atoms with Gasteiger partial charge in [0.15, 0.2) is 0 Å². The van der Waals surface area contributed by atoms with Gasteiger partial charge in [0.2, 0.25) is 0 Å². The van der Waals surface area contributed by atoms with Crippen molar-refractivity contribution in [1.29, 1.82) is 5.26 Å². The second-order valence-electron chi connectivity index (χ2n) is 2.02. The highest BCUT2D eigenvalue weighted by Crippen LogP contribution is 2.22. The second-order valence-corrected chi connectivity index (χ2v) is 2.43. The molecule has 2 nitrogen and oxygen atoms in total. The van der Waals surface area contributed by atoms with E-state index < -0.39 is 0 Å². The highest BCUT2D eigenvalue weighted by Gasteiger charge is 2.02. The molecule has 56 valence electrons. The summed E-state index contributed by atoms with van der Waals surface area (Å²) in [6, 6.07) is 7.33. The number of nitrogens with zero attached hydrogens (tertiary/aromatic N) is 1. The van der Waals surface area contributed by atoms with E-state index in [2.05, 4.69) is 5.32 Å². The molecule has 0 saturated heterocycles. The van der Waals surface area contributed by atoms with Crippen LogP contribution in [-0.4, -0.2) is 7.05 Å². The minimum atomic E-state index is 0.486. The number of hydrogen-bond acceptors (Lipinski definition) is 2. The van der Waals surface area contributed by atoms with Crippen molar-refractivity contribution in [3.05, 3.63) is 28.8 Å². The summed E-state index contributed by atoms with van der Waals surface area (Å²) in [5.74, 6) is 0. The molecular formula is C8H7ClN2. The third kappa shape index (κ3) is 1.44. The molecule has 0 aliphatic carbocycles. The third-order valence-electron chi connectivity index (χ3n) is 1.39. The van der Waals surface area contributed by atoms with Crippen LogP contribution in [0.15, 0.2) is 18.2 Å². The van der Waals surface area contributed by atoms with Gasteiger partial charge in [-0.05, 0) is 12.1 Å². The lowest BCUT2D eigenvalue weighted by molar-refractivity contribution is 1.44. The van der Waals surface area contributed by atoms with Crippen LogP contribution in [0.5, 0.6) is 0 Å². The molecule has 1 aromatic carbocycles. The molecule has 0 heterocycles. The van der Waals surface area contributed by atoms with Crippen molar-refractivity contribution >= 4 is 17.3 Å². The Morgan fingerprint density at radius 1 is 1.55 bits per heavy atom. The van der Waals surface area contributed by atoms with E-state index in [0.29, 0.717) is 10.6 Å². The predicted octanol–water partition coefficient (Wildman–Crippen LogP) is 2.25. The summed E-state index contributed by atoms with van der Waals surface area (Å²) >= 11 is 5.75. The molecule has 0 aliphatic rings. The van der Waals surface area contributed by atoms with Crippen LogP contribution in [-0.2, 0) is 0 Å². The van der Waals surface area contributed by atoms with Crippen LogP contribution in [0.25, 0.3) is 0 Å². The number of anilines is 1. The summed E-state index contributed by atoms with van der Waals surface area (Å²) < 4.78 is 0. The highest BCUT2D eigenvalue weighted by molar-refractivity contribution is 6.32. The predicted molar refractivity (Wildman–Crippen MR) is 45.7 cm³/mol. The van der Waals surface area contributed by atoms with Crippen LogP contribution in [0, 0.1) is 11.3 Å². The zero-order valence-electron chi connectivity index (χ0n) is 6.06. The molecule has 0 spiro atoms. The Hall–Kier alpha value is -1.20. The molecule has 3 heteroatoms. The van der Waals surface area contributed by atoms with Crippen molar-refractivity contribution in [3.8, 4) is 6.07 Å². The van der Waals surface area contributed by atoms with Gasteiger partial charge < -0.3 is 5.32 Å². The Kier molecular flexibility index (Phi) is 2.35. The summed E-state index contributed by atoms with van der Waals surface area (Å²) in [6.07, 6.45) is 0. The third-order valence-corrected chi connectivity index (χ3v) is 1.71. The van der Waals surface area contributed by atoms with Gasteiger partial charge in [-0.3, -0.25) is 0 Å². The standard InChI is InChI=1S/C8H7ClN2/c1-11-8-4-2-3-7(9)6(8)5-10/h2-4,11H,1H3. The summed E-state index contributed by atoms with van der Waals surface area (Å²) in [5, 5.41) is 12.0. The van der Waals surface area contributed by atoms with Gasteiger partial charge in [-0.2, -0.15) is 5.26 Å². The van der Waals surface area contributed by atoms with E-state index in [1.807, 2.05) is 12.1 Å². The molecule has 1 aromatic rings. The van der Waals surface area contributed by atoms with Crippen LogP contribution in [0.3, 0.4) is 0 Å². The zero-order chi connectivity index (χ0) is 8.27. The number of nitrogens with one attached hydrogen (secondary N) is 1. The van der Waals surface area contributed by atoms with E-state index >= 15 is 0 Å². The Balaban J connectivity index is 3.27. The summed E-state index contributed by atoms with van der Waals surface area (Å²) in [5.41, 5.74) is 1.26. The monoisotopic (exact) mass is 166 g/mol. The van der Waals surface area contributed by atoms with E-state index in [1.165, 1.54) is 0 Å². The Morgan fingerprint density at radius 2 is 2.27 bits per heavy atom. The SMILES string of the molecule is CNc1cccc(Cl)c1C#N. The smallest absolute Gasteiger partial charge is 0.103 e. The molecule has 0 aliphatic heterocycles. The van der Waals surface area contributed by atoms with Gasteiger partial charge in [0.1, 0.15) is 6.07 Å². The molecule has 11 heavy (non-hydrogen) atoms. The van der Waals surface area contributed by atoms with E-state index in [0.717, 1.165) is 5.69 Å². The highest BCUT2D eigenvalue weighted by atomic mass is 35.5. The average Bonchev–Trinajstić information content (AvgIpc) is 2.04. The van der Waals surface area contributed by atoms with Gasteiger partial charge in [0, 0.05) is 7.05 Å². The maximum Gasteiger partial charge on any atom is 0.103 e. The lowest BCUT2D eigenvalue weighted by Crippen LogP contribution is -1.91. The molecule has 0 unspecified atom stereocenters. The summed E-state index contributed by atoms with van der Waals surface area (Å²) in [6.45, 7) is 0. The lowest BCUT2D eigenvalue weighted by atomic mass is 10.2. The van der Waals surface area contributed by atoms with Crippen LogP contribution in [0.2, 0.25) is 5.02 Å². The van der Waals surface area contributed by atoms with Crippen molar-refractivity contribution in [1.82, 2.24) is 0 Å². The Labute approximate surface area is 70.4 Å². The largest absolute Gasteiger partial charge is 0.387 e. The molecule has 0 bridgehead atoms. The number of hydrogen-bond donors (Lipinski definition) is 1. The molecule has 0 fully saturated rings. The minimum Gasteiger partial charge on any atom is -0.387 e. The maximum atomic E-state index is 8.66. The Bertz CT molecular complexity index is 301. The van der Waals surface area contributed by atoms with Crippen molar-refractivity contribution < 1.29 is 0 Å². The molecule has 0 amide bonds. The topological polar surface area (TPSA) is 35.8 Å². The quantitative estimate of drug-likeness (QED) is 0.695. The first-order valence-corrected chi connectivity index (χ1v) is 3.53. The fraction of sp³-hybridized carbons (Fsp3) is 0.125. The first-order valence-electron chi connectivity index (χ1n) is 3.16. The number of halogens is 1. The van der Waals surface area contributed by atoms with E-state index in [1.54, 1.807) is 19.2 Å². The normalized spacial score (nSPS) is 8.82. The molecule has 1 rings (SSSR count). The zero-order valence-corrected chi connectivity index (χ0v) is 6.81. The summed E-state index contributed by atoms with van der Waals surface area (Å²) in [4.78, 5) is 0. The van der Waals surface area contributed by atoms with E-state index in [-0.39, 0.29) is 0 Å². The van der Waals surface area contributed by atoms with Crippen molar-refractivity contribution in [2.45, 2.75) is 0 Å². The molecule has 1 N–H and O–H groups in total. The van der Waals surface area contributed by atoms with Crippen LogP contribution in [0.1, 0.15) is 5.56 Å². The molecule has 0 saturated carbocycles. The van der Waals surface area contributed by atoms with E-state index in [4.69, 9.17) is 16.9 Å². The molecular weight excluding hydrogens is 160 g/mol. The van der Waals surface area contributed by atoms with Crippen LogP contribution >= 0.6 is 11.6 Å². The second kappa shape index (κ2) is 3.27. The van der Waals surface area contributed by atoms with Gasteiger partial charge in [-0.1, -0.05) is 17.7 Å². The number of nitriles is 1.